The summed E-state index contributed by atoms with van der Waals surface area (Å²) in [5.74, 6) is -1.39. The van der Waals surface area contributed by atoms with E-state index in [0.717, 1.165) is 12.8 Å². The van der Waals surface area contributed by atoms with Gasteiger partial charge in [0, 0.05) is 5.69 Å². The number of methoxy groups -OCH3 is 2. The van der Waals surface area contributed by atoms with E-state index >= 15 is 0 Å². The molecule has 0 bridgehead atoms. The zero-order valence-electron chi connectivity index (χ0n) is 15.8. The average Bonchev–Trinajstić information content (AvgIpc) is 3.28. The summed E-state index contributed by atoms with van der Waals surface area (Å²) in [5, 5.41) is -0.340. The van der Waals surface area contributed by atoms with E-state index in [1.165, 1.54) is 31.3 Å². The van der Waals surface area contributed by atoms with Gasteiger partial charge in [0.25, 0.3) is 0 Å². The van der Waals surface area contributed by atoms with Gasteiger partial charge in [-0.25, -0.2) is 18.0 Å². The second-order valence-electron chi connectivity index (χ2n) is 6.66. The molecule has 28 heavy (non-hydrogen) atoms. The minimum Gasteiger partial charge on any atom is -0.466 e. The number of anilines is 1. The van der Waals surface area contributed by atoms with E-state index in [-0.39, 0.29) is 34.8 Å². The van der Waals surface area contributed by atoms with Crippen molar-refractivity contribution in [2.24, 2.45) is 0 Å². The van der Waals surface area contributed by atoms with E-state index < -0.39 is 21.8 Å². The second-order valence-corrected chi connectivity index (χ2v) is 8.89. The SMILES string of the molecule is COC(=O)C1=C(C(=O)OC)N(c2ccc(S(=O)(=O)C3CCCC3)cc2)COC1. The highest BCUT2D eigenvalue weighted by molar-refractivity contribution is 7.92. The predicted molar refractivity (Wildman–Crippen MR) is 100 cm³/mol. The molecule has 1 heterocycles. The maximum Gasteiger partial charge on any atom is 0.355 e. The van der Waals surface area contributed by atoms with Crippen molar-refractivity contribution in [2.45, 2.75) is 35.8 Å². The van der Waals surface area contributed by atoms with Crippen LogP contribution in [0, 0.1) is 0 Å². The van der Waals surface area contributed by atoms with E-state index in [4.69, 9.17) is 14.2 Å². The molecule has 0 spiro atoms. The summed E-state index contributed by atoms with van der Waals surface area (Å²) >= 11 is 0. The van der Waals surface area contributed by atoms with E-state index in [1.54, 1.807) is 12.1 Å². The summed E-state index contributed by atoms with van der Waals surface area (Å²) in [6.45, 7) is -0.0681. The summed E-state index contributed by atoms with van der Waals surface area (Å²) in [4.78, 5) is 26.0. The Balaban J connectivity index is 1.95. The summed E-state index contributed by atoms with van der Waals surface area (Å²) in [7, 11) is -0.945. The summed E-state index contributed by atoms with van der Waals surface area (Å²) in [5.41, 5.74) is 0.571. The molecule has 1 saturated carbocycles. The molecular weight excluding hydrogens is 386 g/mol. The molecule has 1 fully saturated rings. The van der Waals surface area contributed by atoms with Gasteiger partial charge < -0.3 is 19.1 Å². The van der Waals surface area contributed by atoms with Crippen molar-refractivity contribution in [3.05, 3.63) is 35.5 Å². The van der Waals surface area contributed by atoms with Crippen LogP contribution in [0.5, 0.6) is 0 Å². The highest BCUT2D eigenvalue weighted by atomic mass is 32.2. The fraction of sp³-hybridized carbons (Fsp3) is 0.474. The Morgan fingerprint density at radius 3 is 2.21 bits per heavy atom. The summed E-state index contributed by atoms with van der Waals surface area (Å²) in [6, 6.07) is 6.22. The number of sulfone groups is 1. The van der Waals surface area contributed by atoms with Gasteiger partial charge in [0.15, 0.2) is 9.84 Å². The van der Waals surface area contributed by atoms with E-state index in [0.29, 0.717) is 18.5 Å². The lowest BCUT2D eigenvalue weighted by Crippen LogP contribution is -2.38. The van der Waals surface area contributed by atoms with Crippen LogP contribution in [0.3, 0.4) is 0 Å². The Kier molecular flexibility index (Phi) is 6.04. The third-order valence-corrected chi connectivity index (χ3v) is 7.33. The van der Waals surface area contributed by atoms with Crippen LogP contribution in [-0.2, 0) is 33.6 Å². The van der Waals surface area contributed by atoms with Crippen molar-refractivity contribution in [3.8, 4) is 0 Å². The normalized spacial score (nSPS) is 18.3. The molecule has 3 rings (SSSR count). The molecule has 1 aromatic carbocycles. The van der Waals surface area contributed by atoms with Gasteiger partial charge in [0.2, 0.25) is 0 Å². The van der Waals surface area contributed by atoms with E-state index in [9.17, 15) is 18.0 Å². The zero-order chi connectivity index (χ0) is 20.3. The lowest BCUT2D eigenvalue weighted by atomic mass is 10.1. The minimum absolute atomic E-state index is 0.0135. The van der Waals surface area contributed by atoms with Crippen molar-refractivity contribution < 1.29 is 32.2 Å². The first-order chi connectivity index (χ1) is 13.4. The first-order valence-corrected chi connectivity index (χ1v) is 10.5. The third kappa shape index (κ3) is 3.77. The number of hydrogen-bond acceptors (Lipinski definition) is 8. The van der Waals surface area contributed by atoms with Crippen LogP contribution >= 0.6 is 0 Å². The smallest absolute Gasteiger partial charge is 0.355 e. The standard InChI is InChI=1S/C19H23NO7S/c1-25-18(21)16-11-27-12-20(17(16)19(22)26-2)13-7-9-15(10-8-13)28(23,24)14-5-3-4-6-14/h7-10,14H,3-6,11-12H2,1-2H3. The van der Waals surface area contributed by atoms with Crippen LogP contribution in [0.2, 0.25) is 0 Å². The van der Waals surface area contributed by atoms with Gasteiger partial charge in [0.05, 0.1) is 36.5 Å². The number of hydrogen-bond donors (Lipinski definition) is 0. The van der Waals surface area contributed by atoms with Gasteiger partial charge >= 0.3 is 11.9 Å². The van der Waals surface area contributed by atoms with Crippen molar-refractivity contribution in [1.82, 2.24) is 0 Å². The Hall–Kier alpha value is -2.39. The fourth-order valence-electron chi connectivity index (χ4n) is 3.55. The molecule has 0 amide bonds. The van der Waals surface area contributed by atoms with Crippen LogP contribution in [-0.4, -0.2) is 53.2 Å². The van der Waals surface area contributed by atoms with Crippen molar-refractivity contribution >= 4 is 27.5 Å². The molecule has 9 heteroatoms. The van der Waals surface area contributed by atoms with Gasteiger partial charge in [-0.15, -0.1) is 0 Å². The average molecular weight is 409 g/mol. The van der Waals surface area contributed by atoms with Gasteiger partial charge in [-0.2, -0.15) is 0 Å². The molecule has 0 saturated heterocycles. The molecule has 2 aliphatic rings. The number of esters is 2. The van der Waals surface area contributed by atoms with Gasteiger partial charge in [-0.3, -0.25) is 0 Å². The Labute approximate surface area is 164 Å². The first-order valence-electron chi connectivity index (χ1n) is 8.99. The topological polar surface area (TPSA) is 99.2 Å². The minimum atomic E-state index is -3.38. The number of rotatable bonds is 5. The van der Waals surface area contributed by atoms with Crippen LogP contribution < -0.4 is 4.90 Å². The maximum atomic E-state index is 12.7. The van der Waals surface area contributed by atoms with Gasteiger partial charge in [0.1, 0.15) is 12.4 Å². The molecule has 152 valence electrons. The molecule has 8 nitrogen and oxygen atoms in total. The number of carbonyl (C=O) groups excluding carboxylic acids is 2. The highest BCUT2D eigenvalue weighted by Crippen LogP contribution is 2.32. The fourth-order valence-corrected chi connectivity index (χ4v) is 5.41. The summed E-state index contributed by atoms with van der Waals surface area (Å²) < 4.78 is 40.4. The number of nitrogens with zero attached hydrogens (tertiary/aromatic N) is 1. The van der Waals surface area contributed by atoms with Crippen LogP contribution in [0.15, 0.2) is 40.4 Å². The molecule has 1 aromatic rings. The van der Waals surface area contributed by atoms with Gasteiger partial charge in [-0.1, -0.05) is 12.8 Å². The Morgan fingerprint density at radius 2 is 1.64 bits per heavy atom. The van der Waals surface area contributed by atoms with Crippen LogP contribution in [0.4, 0.5) is 5.69 Å². The Morgan fingerprint density at radius 1 is 1.04 bits per heavy atom. The summed E-state index contributed by atoms with van der Waals surface area (Å²) in [6.07, 6.45) is 3.22. The van der Waals surface area contributed by atoms with Gasteiger partial charge in [-0.05, 0) is 37.1 Å². The third-order valence-electron chi connectivity index (χ3n) is 5.05. The molecule has 0 radical (unpaired) electrons. The Bertz CT molecular complexity index is 883. The van der Waals surface area contributed by atoms with E-state index in [2.05, 4.69) is 0 Å². The molecule has 0 aromatic heterocycles. The molecule has 0 N–H and O–H groups in total. The number of carbonyl (C=O) groups is 2. The van der Waals surface area contributed by atoms with Crippen molar-refractivity contribution in [2.75, 3.05) is 32.5 Å². The molecule has 1 aliphatic carbocycles. The monoisotopic (exact) mass is 409 g/mol. The predicted octanol–water partition coefficient (Wildman–Crippen LogP) is 1.80. The van der Waals surface area contributed by atoms with Crippen LogP contribution in [0.25, 0.3) is 0 Å². The zero-order valence-corrected chi connectivity index (χ0v) is 16.7. The lowest BCUT2D eigenvalue weighted by Gasteiger charge is -2.31. The highest BCUT2D eigenvalue weighted by Gasteiger charge is 2.33. The largest absolute Gasteiger partial charge is 0.466 e. The lowest BCUT2D eigenvalue weighted by molar-refractivity contribution is -0.140. The van der Waals surface area contributed by atoms with E-state index in [1.807, 2.05) is 0 Å². The molecule has 0 atom stereocenters. The molecular formula is C19H23NO7S. The maximum absolute atomic E-state index is 12.7. The second kappa shape index (κ2) is 8.32. The van der Waals surface area contributed by atoms with Crippen LogP contribution in [0.1, 0.15) is 25.7 Å². The number of ether oxygens (including phenoxy) is 3. The quantitative estimate of drug-likeness (QED) is 0.679. The van der Waals surface area contributed by atoms with Crippen molar-refractivity contribution in [3.63, 3.8) is 0 Å². The molecule has 1 aliphatic heterocycles. The van der Waals surface area contributed by atoms with Crippen molar-refractivity contribution in [1.29, 1.82) is 0 Å². The molecule has 0 unspecified atom stereocenters. The number of benzene rings is 1. The first kappa shape index (κ1) is 20.3.